The van der Waals surface area contributed by atoms with E-state index in [-0.39, 0.29) is 5.41 Å². The van der Waals surface area contributed by atoms with Gasteiger partial charge in [0.05, 0.1) is 10.0 Å². The molecule has 0 nitrogen and oxygen atoms in total. The number of hydrogen-bond acceptors (Lipinski definition) is 0. The average Bonchev–Trinajstić information content (AvgIpc) is 2.48. The molecule has 0 fully saturated rings. The summed E-state index contributed by atoms with van der Waals surface area (Å²) >= 11 is 24.7. The molecule has 4 heteroatoms. The first-order valence-corrected chi connectivity index (χ1v) is 8.46. The highest BCUT2D eigenvalue weighted by Gasteiger charge is 2.31. The SMILES string of the molecule is Cc1cccc(C(CCl)(CCl)Cc2ccc(Cl)c(Cl)c2)c1. The third kappa shape index (κ3) is 3.87. The second-order valence-corrected chi connectivity index (χ2v) is 6.69. The highest BCUT2D eigenvalue weighted by molar-refractivity contribution is 6.42. The van der Waals surface area contributed by atoms with Crippen molar-refractivity contribution in [2.24, 2.45) is 0 Å². The van der Waals surface area contributed by atoms with Gasteiger partial charge in [0.25, 0.3) is 0 Å². The first kappa shape index (κ1) is 17.0. The monoisotopic (exact) mass is 360 g/mol. The minimum Gasteiger partial charge on any atom is -0.126 e. The maximum atomic E-state index is 6.29. The fourth-order valence-corrected chi connectivity index (χ4v) is 3.51. The highest BCUT2D eigenvalue weighted by atomic mass is 35.5. The lowest BCUT2D eigenvalue weighted by molar-refractivity contribution is 0.536. The van der Waals surface area contributed by atoms with Crippen molar-refractivity contribution in [3.05, 3.63) is 69.2 Å². The van der Waals surface area contributed by atoms with Crippen LogP contribution < -0.4 is 0 Å². The zero-order valence-electron chi connectivity index (χ0n) is 11.7. The molecule has 0 aromatic heterocycles. The molecule has 0 N–H and O–H groups in total. The van der Waals surface area contributed by atoms with Gasteiger partial charge in [0.1, 0.15) is 0 Å². The van der Waals surface area contributed by atoms with Crippen molar-refractivity contribution >= 4 is 46.4 Å². The van der Waals surface area contributed by atoms with Crippen molar-refractivity contribution < 1.29 is 0 Å². The number of benzene rings is 2. The molecule has 0 amide bonds. The Balaban J connectivity index is 2.40. The summed E-state index contributed by atoms with van der Waals surface area (Å²) in [7, 11) is 0. The molecule has 0 atom stereocenters. The largest absolute Gasteiger partial charge is 0.126 e. The lowest BCUT2D eigenvalue weighted by atomic mass is 9.78. The summed E-state index contributed by atoms with van der Waals surface area (Å²) in [5.41, 5.74) is 3.11. The molecule has 2 aromatic rings. The van der Waals surface area contributed by atoms with Crippen molar-refractivity contribution in [3.8, 4) is 0 Å². The average molecular weight is 362 g/mol. The Morgan fingerprint density at radius 1 is 0.905 bits per heavy atom. The molecule has 2 rings (SSSR count). The second-order valence-electron chi connectivity index (χ2n) is 5.34. The van der Waals surface area contributed by atoms with Gasteiger partial charge in [0.2, 0.25) is 0 Å². The van der Waals surface area contributed by atoms with Crippen LogP contribution in [0.2, 0.25) is 10.0 Å². The number of alkyl halides is 2. The summed E-state index contributed by atoms with van der Waals surface area (Å²) < 4.78 is 0. The zero-order valence-corrected chi connectivity index (χ0v) is 14.7. The lowest BCUT2D eigenvalue weighted by Crippen LogP contribution is -2.33. The van der Waals surface area contributed by atoms with Crippen LogP contribution >= 0.6 is 46.4 Å². The van der Waals surface area contributed by atoms with E-state index in [4.69, 9.17) is 46.4 Å². The Morgan fingerprint density at radius 3 is 2.19 bits per heavy atom. The second kappa shape index (κ2) is 7.24. The van der Waals surface area contributed by atoms with Gasteiger partial charge in [-0.05, 0) is 36.6 Å². The standard InChI is InChI=1S/C17H16Cl4/c1-12-3-2-4-14(7-12)17(10-18,11-19)9-13-5-6-15(20)16(21)8-13/h2-8H,9-11H2,1H3. The predicted molar refractivity (Wildman–Crippen MR) is 94.5 cm³/mol. The summed E-state index contributed by atoms with van der Waals surface area (Å²) in [6.07, 6.45) is 0.723. The molecule has 0 aliphatic heterocycles. The number of halogens is 4. The van der Waals surface area contributed by atoms with Gasteiger partial charge < -0.3 is 0 Å². The summed E-state index contributed by atoms with van der Waals surface area (Å²) in [4.78, 5) is 0. The Kier molecular flexibility index (Phi) is 5.85. The Morgan fingerprint density at radius 2 is 1.62 bits per heavy atom. The highest BCUT2D eigenvalue weighted by Crippen LogP contribution is 2.34. The fourth-order valence-electron chi connectivity index (χ4n) is 2.40. The zero-order chi connectivity index (χ0) is 15.5. The normalized spacial score (nSPS) is 11.7. The van der Waals surface area contributed by atoms with Crippen LogP contribution in [-0.4, -0.2) is 11.8 Å². The summed E-state index contributed by atoms with van der Waals surface area (Å²) in [6.45, 7) is 2.07. The molecule has 0 saturated heterocycles. The fraction of sp³-hybridized carbons (Fsp3) is 0.294. The van der Waals surface area contributed by atoms with E-state index in [1.807, 2.05) is 24.3 Å². The molecule has 0 unspecified atom stereocenters. The molecular formula is C17H16Cl4. The topological polar surface area (TPSA) is 0 Å². The third-order valence-corrected chi connectivity index (χ3v) is 5.43. The molecule has 0 radical (unpaired) electrons. The minimum absolute atomic E-state index is 0.313. The third-order valence-electron chi connectivity index (χ3n) is 3.67. The maximum absolute atomic E-state index is 6.29. The number of rotatable bonds is 5. The van der Waals surface area contributed by atoms with Gasteiger partial charge in [0, 0.05) is 17.2 Å². The van der Waals surface area contributed by atoms with Crippen LogP contribution in [0.25, 0.3) is 0 Å². The van der Waals surface area contributed by atoms with E-state index in [2.05, 4.69) is 25.1 Å². The lowest BCUT2D eigenvalue weighted by Gasteiger charge is -2.31. The van der Waals surface area contributed by atoms with E-state index in [9.17, 15) is 0 Å². The van der Waals surface area contributed by atoms with Crippen LogP contribution in [0.1, 0.15) is 16.7 Å². The van der Waals surface area contributed by atoms with E-state index in [0.717, 1.165) is 17.5 Å². The van der Waals surface area contributed by atoms with Crippen molar-refractivity contribution in [3.63, 3.8) is 0 Å². The first-order valence-electron chi connectivity index (χ1n) is 6.64. The van der Waals surface area contributed by atoms with Crippen LogP contribution in [0.3, 0.4) is 0 Å². The first-order chi connectivity index (χ1) is 10.0. The molecule has 0 spiro atoms. The minimum atomic E-state index is -0.313. The van der Waals surface area contributed by atoms with Gasteiger partial charge >= 0.3 is 0 Å². The van der Waals surface area contributed by atoms with Crippen molar-refractivity contribution in [1.82, 2.24) is 0 Å². The van der Waals surface area contributed by atoms with E-state index in [1.54, 1.807) is 0 Å². The van der Waals surface area contributed by atoms with Crippen LogP contribution in [0, 0.1) is 6.92 Å². The van der Waals surface area contributed by atoms with E-state index in [0.29, 0.717) is 21.8 Å². The van der Waals surface area contributed by atoms with Crippen molar-refractivity contribution in [2.45, 2.75) is 18.8 Å². The van der Waals surface area contributed by atoms with Gasteiger partial charge in [-0.25, -0.2) is 0 Å². The Labute approximate surface area is 146 Å². The Hall–Kier alpha value is -0.400. The molecule has 0 heterocycles. The molecule has 2 aromatic carbocycles. The summed E-state index contributed by atoms with van der Waals surface area (Å²) in [6, 6.07) is 14.0. The Bertz CT molecular complexity index is 618. The van der Waals surface area contributed by atoms with Crippen molar-refractivity contribution in [2.75, 3.05) is 11.8 Å². The predicted octanol–water partition coefficient (Wildman–Crippen LogP) is 6.26. The van der Waals surface area contributed by atoms with E-state index >= 15 is 0 Å². The van der Waals surface area contributed by atoms with Gasteiger partial charge in [-0.2, -0.15) is 0 Å². The molecule has 0 aliphatic carbocycles. The molecular weight excluding hydrogens is 346 g/mol. The van der Waals surface area contributed by atoms with Gasteiger partial charge in [-0.15, -0.1) is 23.2 Å². The summed E-state index contributed by atoms with van der Waals surface area (Å²) in [5.74, 6) is 0.889. The van der Waals surface area contributed by atoms with Crippen molar-refractivity contribution in [1.29, 1.82) is 0 Å². The van der Waals surface area contributed by atoms with E-state index < -0.39 is 0 Å². The molecule has 112 valence electrons. The maximum Gasteiger partial charge on any atom is 0.0595 e. The smallest absolute Gasteiger partial charge is 0.0595 e. The van der Waals surface area contributed by atoms with Crippen LogP contribution in [0.5, 0.6) is 0 Å². The molecule has 21 heavy (non-hydrogen) atoms. The van der Waals surface area contributed by atoms with Crippen LogP contribution in [-0.2, 0) is 11.8 Å². The molecule has 0 saturated carbocycles. The number of hydrogen-bond donors (Lipinski definition) is 0. The van der Waals surface area contributed by atoms with Gasteiger partial charge in [-0.3, -0.25) is 0 Å². The quantitative estimate of drug-likeness (QED) is 0.551. The van der Waals surface area contributed by atoms with Gasteiger partial charge in [0.15, 0.2) is 0 Å². The summed E-state index contributed by atoms with van der Waals surface area (Å²) in [5, 5.41) is 1.11. The number of aryl methyl sites for hydroxylation is 1. The van der Waals surface area contributed by atoms with Gasteiger partial charge in [-0.1, -0.05) is 59.1 Å². The van der Waals surface area contributed by atoms with E-state index in [1.165, 1.54) is 5.56 Å². The van der Waals surface area contributed by atoms with Crippen LogP contribution in [0.15, 0.2) is 42.5 Å². The van der Waals surface area contributed by atoms with Crippen LogP contribution in [0.4, 0.5) is 0 Å². The molecule has 0 aliphatic rings. The molecule has 0 bridgehead atoms.